The number of amides is 2. The number of aryl methyl sites for hydroxylation is 1. The van der Waals surface area contributed by atoms with Gasteiger partial charge in [-0.15, -0.1) is 11.3 Å². The van der Waals surface area contributed by atoms with Crippen LogP contribution in [0, 0.1) is 12.8 Å². The normalized spacial score (nSPS) is 11.9. The highest BCUT2D eigenvalue weighted by molar-refractivity contribution is 7.11. The van der Waals surface area contributed by atoms with Crippen LogP contribution in [0.1, 0.15) is 49.4 Å². The predicted molar refractivity (Wildman–Crippen MR) is 134 cm³/mol. The van der Waals surface area contributed by atoms with E-state index in [1.165, 1.54) is 4.88 Å². The van der Waals surface area contributed by atoms with Crippen LogP contribution in [0.4, 0.5) is 0 Å². The summed E-state index contributed by atoms with van der Waals surface area (Å²) in [5, 5.41) is 0. The lowest BCUT2D eigenvalue weighted by Crippen LogP contribution is -2.48. The molecule has 6 nitrogen and oxygen atoms in total. The quantitative estimate of drug-likeness (QED) is 0.438. The summed E-state index contributed by atoms with van der Waals surface area (Å²) >= 11 is 1.70. The molecular weight excluding hydrogens is 436 g/mol. The third kappa shape index (κ3) is 7.49. The van der Waals surface area contributed by atoms with Gasteiger partial charge in [-0.2, -0.15) is 0 Å². The molecule has 0 fully saturated rings. The van der Waals surface area contributed by atoms with Crippen molar-refractivity contribution in [3.05, 3.63) is 45.6 Å². The Balaban J connectivity index is 2.22. The zero-order chi connectivity index (χ0) is 24.5. The molecule has 2 rings (SSSR count). The molecule has 0 spiro atoms. The first-order valence-corrected chi connectivity index (χ1v) is 12.4. The van der Waals surface area contributed by atoms with Gasteiger partial charge in [-0.05, 0) is 56.5 Å². The fourth-order valence-electron chi connectivity index (χ4n) is 3.60. The van der Waals surface area contributed by atoms with E-state index >= 15 is 0 Å². The molecule has 0 saturated heterocycles. The van der Waals surface area contributed by atoms with Crippen LogP contribution in [0.2, 0.25) is 0 Å². The van der Waals surface area contributed by atoms with E-state index < -0.39 is 0 Å². The largest absolute Gasteiger partial charge is 0.493 e. The number of thiophene rings is 1. The molecule has 2 amide bonds. The lowest BCUT2D eigenvalue weighted by atomic mass is 10.1. The van der Waals surface area contributed by atoms with E-state index in [4.69, 9.17) is 9.47 Å². The van der Waals surface area contributed by atoms with Crippen LogP contribution in [-0.2, 0) is 22.6 Å². The first-order chi connectivity index (χ1) is 15.7. The second kappa shape index (κ2) is 12.6. The zero-order valence-electron chi connectivity index (χ0n) is 21.0. The molecule has 0 N–H and O–H groups in total. The van der Waals surface area contributed by atoms with Gasteiger partial charge < -0.3 is 19.3 Å². The summed E-state index contributed by atoms with van der Waals surface area (Å²) in [4.78, 5) is 32.2. The number of nitrogens with zero attached hydrogens (tertiary/aromatic N) is 2. The van der Waals surface area contributed by atoms with Crippen LogP contribution >= 0.6 is 11.3 Å². The minimum atomic E-state index is -0.146. The van der Waals surface area contributed by atoms with Gasteiger partial charge in [0.05, 0.1) is 20.8 Å². The van der Waals surface area contributed by atoms with Crippen molar-refractivity contribution in [3.8, 4) is 11.5 Å². The average Bonchev–Trinajstić information content (AvgIpc) is 3.23. The van der Waals surface area contributed by atoms with Gasteiger partial charge in [-0.3, -0.25) is 9.59 Å². The molecule has 7 heteroatoms. The Labute approximate surface area is 202 Å². The number of hydrogen-bond acceptors (Lipinski definition) is 5. The van der Waals surface area contributed by atoms with Crippen molar-refractivity contribution in [2.75, 3.05) is 27.3 Å². The van der Waals surface area contributed by atoms with Gasteiger partial charge in [0.2, 0.25) is 11.8 Å². The van der Waals surface area contributed by atoms with E-state index in [1.807, 2.05) is 50.8 Å². The predicted octanol–water partition coefficient (Wildman–Crippen LogP) is 4.93. The van der Waals surface area contributed by atoms with Crippen molar-refractivity contribution in [1.82, 2.24) is 9.80 Å². The third-order valence-corrected chi connectivity index (χ3v) is 6.80. The molecule has 0 aliphatic rings. The summed E-state index contributed by atoms with van der Waals surface area (Å²) in [6.07, 6.45) is 1.49. The van der Waals surface area contributed by atoms with Gasteiger partial charge in [0.1, 0.15) is 6.54 Å². The smallest absolute Gasteiger partial charge is 0.242 e. The number of hydrogen-bond donors (Lipinski definition) is 0. The molecule has 1 heterocycles. The Morgan fingerprint density at radius 2 is 1.73 bits per heavy atom. The molecule has 33 heavy (non-hydrogen) atoms. The molecule has 0 aliphatic heterocycles. The number of carbonyl (C=O) groups is 2. The Kier molecular flexibility index (Phi) is 10.2. The van der Waals surface area contributed by atoms with Crippen molar-refractivity contribution in [1.29, 1.82) is 0 Å². The van der Waals surface area contributed by atoms with E-state index in [0.29, 0.717) is 31.0 Å². The van der Waals surface area contributed by atoms with E-state index in [-0.39, 0.29) is 30.3 Å². The Morgan fingerprint density at radius 1 is 1.03 bits per heavy atom. The highest BCUT2D eigenvalue weighted by Gasteiger charge is 2.26. The van der Waals surface area contributed by atoms with Gasteiger partial charge in [-0.25, -0.2) is 0 Å². The second-order valence-electron chi connectivity index (χ2n) is 8.65. The zero-order valence-corrected chi connectivity index (χ0v) is 21.8. The van der Waals surface area contributed by atoms with Crippen LogP contribution in [0.15, 0.2) is 30.3 Å². The molecule has 0 bridgehead atoms. The van der Waals surface area contributed by atoms with E-state index in [0.717, 1.165) is 16.9 Å². The van der Waals surface area contributed by atoms with E-state index in [9.17, 15) is 9.59 Å². The van der Waals surface area contributed by atoms with Crippen molar-refractivity contribution in [3.63, 3.8) is 0 Å². The minimum Gasteiger partial charge on any atom is -0.493 e. The molecule has 0 saturated carbocycles. The van der Waals surface area contributed by atoms with Crippen LogP contribution in [0.25, 0.3) is 0 Å². The Bertz CT molecular complexity index is 925. The maximum absolute atomic E-state index is 13.4. The number of ether oxygens (including phenoxy) is 2. The number of rotatable bonds is 12. The van der Waals surface area contributed by atoms with E-state index in [1.54, 1.807) is 30.5 Å². The Morgan fingerprint density at radius 3 is 2.27 bits per heavy atom. The summed E-state index contributed by atoms with van der Waals surface area (Å²) in [7, 11) is 3.23. The SMILES string of the molecule is CCC(C)N(CC(=O)N(CCc1ccc(OC)c(OC)c1)Cc1ccc(C)s1)C(=O)C(C)C. The van der Waals surface area contributed by atoms with Crippen LogP contribution < -0.4 is 9.47 Å². The summed E-state index contributed by atoms with van der Waals surface area (Å²) in [5.41, 5.74) is 1.06. The fraction of sp³-hybridized carbons (Fsp3) is 0.538. The summed E-state index contributed by atoms with van der Waals surface area (Å²) in [6.45, 7) is 11.1. The maximum atomic E-state index is 13.4. The van der Waals surface area contributed by atoms with Gasteiger partial charge in [0, 0.05) is 28.3 Å². The molecule has 1 aromatic heterocycles. The molecule has 0 aliphatic carbocycles. The maximum Gasteiger partial charge on any atom is 0.242 e. The molecule has 1 unspecified atom stereocenters. The van der Waals surface area contributed by atoms with E-state index in [2.05, 4.69) is 19.1 Å². The van der Waals surface area contributed by atoms with Crippen molar-refractivity contribution < 1.29 is 19.1 Å². The lowest BCUT2D eigenvalue weighted by Gasteiger charge is -2.32. The standard InChI is InChI=1S/C26H38N2O4S/c1-8-19(4)28(26(30)18(2)3)17-25(29)27(16-22-11-9-20(5)33-22)14-13-21-10-12-23(31-6)24(15-21)32-7/h9-12,15,18-19H,8,13-14,16-17H2,1-7H3. The first-order valence-electron chi connectivity index (χ1n) is 11.5. The highest BCUT2D eigenvalue weighted by Crippen LogP contribution is 2.28. The third-order valence-electron chi connectivity index (χ3n) is 5.82. The molecule has 0 radical (unpaired) electrons. The summed E-state index contributed by atoms with van der Waals surface area (Å²) in [5.74, 6) is 1.19. The molecule has 1 atom stereocenters. The van der Waals surface area contributed by atoms with Gasteiger partial charge in [0.25, 0.3) is 0 Å². The minimum absolute atomic E-state index is 0.0144. The van der Waals surface area contributed by atoms with Crippen molar-refractivity contribution in [2.24, 2.45) is 5.92 Å². The lowest BCUT2D eigenvalue weighted by molar-refractivity contribution is -0.144. The van der Waals surface area contributed by atoms with Crippen LogP contribution in [0.5, 0.6) is 11.5 Å². The number of methoxy groups -OCH3 is 2. The van der Waals surface area contributed by atoms with Gasteiger partial charge in [0.15, 0.2) is 11.5 Å². The van der Waals surface area contributed by atoms with Crippen LogP contribution in [-0.4, -0.2) is 55.0 Å². The van der Waals surface area contributed by atoms with Gasteiger partial charge >= 0.3 is 0 Å². The summed E-state index contributed by atoms with van der Waals surface area (Å²) < 4.78 is 10.8. The molecule has 1 aromatic carbocycles. The summed E-state index contributed by atoms with van der Waals surface area (Å²) in [6, 6.07) is 9.99. The average molecular weight is 475 g/mol. The molecular formula is C26H38N2O4S. The number of carbonyl (C=O) groups excluding carboxylic acids is 2. The fourth-order valence-corrected chi connectivity index (χ4v) is 4.51. The van der Waals surface area contributed by atoms with Crippen LogP contribution in [0.3, 0.4) is 0 Å². The molecule has 182 valence electrons. The van der Waals surface area contributed by atoms with Gasteiger partial charge in [-0.1, -0.05) is 26.8 Å². The second-order valence-corrected chi connectivity index (χ2v) is 10.0. The Hall–Kier alpha value is -2.54. The first kappa shape index (κ1) is 26.7. The van der Waals surface area contributed by atoms with Crippen molar-refractivity contribution in [2.45, 2.75) is 60.0 Å². The van der Waals surface area contributed by atoms with Crippen molar-refractivity contribution >= 4 is 23.2 Å². The highest BCUT2D eigenvalue weighted by atomic mass is 32.1. The topological polar surface area (TPSA) is 59.1 Å². The monoisotopic (exact) mass is 474 g/mol. The number of benzene rings is 1. The molecule has 2 aromatic rings.